The summed E-state index contributed by atoms with van der Waals surface area (Å²) >= 11 is 0. The average Bonchev–Trinajstić information content (AvgIpc) is 2.53. The highest BCUT2D eigenvalue weighted by Gasteiger charge is 2.01. The second-order valence-electron chi connectivity index (χ2n) is 6.45. The molecular weight excluding hydrogens is 328 g/mol. The molecule has 24 heavy (non-hydrogen) atoms. The molecule has 0 radical (unpaired) electrons. The Morgan fingerprint density at radius 3 is 1.46 bits per heavy atom. The third-order valence-corrected chi connectivity index (χ3v) is 4.65. The Labute approximate surface area is 148 Å². The number of hydrogen-bond donors (Lipinski definition) is 0. The van der Waals surface area contributed by atoms with Crippen LogP contribution in [0.2, 0.25) is 0 Å². The molecule has 0 N–H and O–H groups in total. The quantitative estimate of drug-likeness (QED) is 0.214. The first-order chi connectivity index (χ1) is 11.5. The van der Waals surface area contributed by atoms with Gasteiger partial charge in [0.15, 0.2) is 0 Å². The van der Waals surface area contributed by atoms with Gasteiger partial charge in [0.25, 0.3) is 10.1 Å². The first-order valence-corrected chi connectivity index (χ1v) is 11.2. The summed E-state index contributed by atoms with van der Waals surface area (Å²) in [4.78, 5) is 10.9. The highest BCUT2D eigenvalue weighted by molar-refractivity contribution is 7.85. The topological polar surface area (TPSA) is 69.7 Å². The van der Waals surface area contributed by atoms with Crippen LogP contribution in [0.25, 0.3) is 0 Å². The third-order valence-electron chi connectivity index (χ3n) is 4.05. The molecule has 0 aliphatic heterocycles. The number of carbonyl (C=O) groups excluding carboxylic acids is 1. The molecule has 0 heterocycles. The molecule has 0 aliphatic carbocycles. The zero-order valence-electron chi connectivity index (χ0n) is 15.6. The number of unbranched alkanes of at least 4 members (excludes halogenated alkanes) is 12. The van der Waals surface area contributed by atoms with Gasteiger partial charge in [-0.25, -0.2) is 0 Å². The van der Waals surface area contributed by atoms with Crippen molar-refractivity contribution in [3.63, 3.8) is 0 Å². The highest BCUT2D eigenvalue weighted by atomic mass is 32.2. The molecular formula is C18H36O5S. The standard InChI is InChI=1S/C18H36O5S/c1-22-18(19)16-14-12-10-8-6-4-3-5-7-9-11-13-15-17-23-24(2,20)21/h3-17H2,1-2H3. The SMILES string of the molecule is COC(=O)CCCCCCCCCCCCCCCOS(C)(=O)=O. The summed E-state index contributed by atoms with van der Waals surface area (Å²) in [6.07, 6.45) is 16.9. The monoisotopic (exact) mass is 364 g/mol. The minimum absolute atomic E-state index is 0.0991. The van der Waals surface area contributed by atoms with E-state index in [4.69, 9.17) is 4.18 Å². The lowest BCUT2D eigenvalue weighted by atomic mass is 10.0. The van der Waals surface area contributed by atoms with Gasteiger partial charge < -0.3 is 4.74 Å². The molecule has 0 fully saturated rings. The first-order valence-electron chi connectivity index (χ1n) is 9.37. The largest absolute Gasteiger partial charge is 0.469 e. The Bertz CT molecular complexity index is 392. The van der Waals surface area contributed by atoms with Crippen LogP contribution in [-0.2, 0) is 23.8 Å². The lowest BCUT2D eigenvalue weighted by Gasteiger charge is -2.04. The molecule has 0 spiro atoms. The van der Waals surface area contributed by atoms with Crippen LogP contribution >= 0.6 is 0 Å². The molecule has 0 aromatic carbocycles. The predicted octanol–water partition coefficient (Wildman–Crippen LogP) is 4.60. The van der Waals surface area contributed by atoms with E-state index in [1.165, 1.54) is 58.5 Å². The lowest BCUT2D eigenvalue weighted by molar-refractivity contribution is -0.140. The van der Waals surface area contributed by atoms with Crippen LogP contribution < -0.4 is 0 Å². The molecule has 0 aromatic rings. The van der Waals surface area contributed by atoms with Crippen molar-refractivity contribution in [2.24, 2.45) is 0 Å². The summed E-state index contributed by atoms with van der Waals surface area (Å²) < 4.78 is 30.8. The van der Waals surface area contributed by atoms with E-state index in [0.717, 1.165) is 38.4 Å². The zero-order chi connectivity index (χ0) is 18.1. The van der Waals surface area contributed by atoms with Gasteiger partial charge in [-0.1, -0.05) is 70.6 Å². The number of esters is 1. The minimum Gasteiger partial charge on any atom is -0.469 e. The van der Waals surface area contributed by atoms with Crippen LogP contribution in [0, 0.1) is 0 Å². The average molecular weight is 365 g/mol. The molecule has 0 bridgehead atoms. The molecule has 0 unspecified atom stereocenters. The third kappa shape index (κ3) is 19.4. The van der Waals surface area contributed by atoms with Crippen molar-refractivity contribution in [2.45, 2.75) is 89.9 Å². The fraction of sp³-hybridized carbons (Fsp3) is 0.944. The van der Waals surface area contributed by atoms with E-state index in [2.05, 4.69) is 4.74 Å². The van der Waals surface area contributed by atoms with E-state index in [1.807, 2.05) is 0 Å². The van der Waals surface area contributed by atoms with Crippen LogP contribution in [0.4, 0.5) is 0 Å². The van der Waals surface area contributed by atoms with E-state index >= 15 is 0 Å². The zero-order valence-corrected chi connectivity index (χ0v) is 16.4. The number of methoxy groups -OCH3 is 1. The minimum atomic E-state index is -3.27. The van der Waals surface area contributed by atoms with E-state index in [1.54, 1.807) is 0 Å². The van der Waals surface area contributed by atoms with E-state index in [-0.39, 0.29) is 5.97 Å². The Hall–Kier alpha value is -0.620. The van der Waals surface area contributed by atoms with Gasteiger partial charge in [0.1, 0.15) is 0 Å². The van der Waals surface area contributed by atoms with Crippen molar-refractivity contribution in [3.8, 4) is 0 Å². The summed E-state index contributed by atoms with van der Waals surface area (Å²) in [5.74, 6) is -0.0991. The van der Waals surface area contributed by atoms with Gasteiger partial charge in [0.05, 0.1) is 20.0 Å². The van der Waals surface area contributed by atoms with Crippen molar-refractivity contribution in [3.05, 3.63) is 0 Å². The van der Waals surface area contributed by atoms with E-state index < -0.39 is 10.1 Å². The maximum atomic E-state index is 10.9. The van der Waals surface area contributed by atoms with Crippen LogP contribution in [0.5, 0.6) is 0 Å². The molecule has 0 atom stereocenters. The second kappa shape index (κ2) is 15.9. The Morgan fingerprint density at radius 1 is 0.708 bits per heavy atom. The summed E-state index contributed by atoms with van der Waals surface area (Å²) in [6.45, 7) is 0.318. The smallest absolute Gasteiger partial charge is 0.305 e. The van der Waals surface area contributed by atoms with Gasteiger partial charge in [-0.05, 0) is 12.8 Å². The molecule has 0 saturated heterocycles. The molecule has 6 heteroatoms. The number of carbonyl (C=O) groups is 1. The summed E-state index contributed by atoms with van der Waals surface area (Å²) in [6, 6.07) is 0. The Balaban J connectivity index is 3.09. The second-order valence-corrected chi connectivity index (χ2v) is 8.09. The Morgan fingerprint density at radius 2 is 1.08 bits per heavy atom. The van der Waals surface area contributed by atoms with Crippen molar-refractivity contribution >= 4 is 16.1 Å². The van der Waals surface area contributed by atoms with Gasteiger partial charge in [-0.2, -0.15) is 8.42 Å². The predicted molar refractivity (Wildman–Crippen MR) is 97.4 cm³/mol. The Kier molecular flexibility index (Phi) is 15.5. The van der Waals surface area contributed by atoms with Crippen LogP contribution in [0.15, 0.2) is 0 Å². The molecule has 0 aromatic heterocycles. The summed E-state index contributed by atoms with van der Waals surface area (Å²) in [7, 11) is -1.83. The normalized spacial score (nSPS) is 11.6. The molecule has 0 saturated carbocycles. The highest BCUT2D eigenvalue weighted by Crippen LogP contribution is 2.13. The fourth-order valence-corrected chi connectivity index (χ4v) is 3.05. The molecule has 144 valence electrons. The van der Waals surface area contributed by atoms with Gasteiger partial charge in [0, 0.05) is 6.42 Å². The lowest BCUT2D eigenvalue weighted by Crippen LogP contribution is -2.03. The van der Waals surface area contributed by atoms with Crippen molar-refractivity contribution in [1.82, 2.24) is 0 Å². The van der Waals surface area contributed by atoms with Gasteiger partial charge in [-0.3, -0.25) is 8.98 Å². The van der Waals surface area contributed by atoms with Crippen molar-refractivity contribution in [1.29, 1.82) is 0 Å². The number of hydrogen-bond acceptors (Lipinski definition) is 5. The van der Waals surface area contributed by atoms with E-state index in [9.17, 15) is 13.2 Å². The van der Waals surface area contributed by atoms with Crippen LogP contribution in [0.3, 0.4) is 0 Å². The van der Waals surface area contributed by atoms with Gasteiger partial charge in [0.2, 0.25) is 0 Å². The summed E-state index contributed by atoms with van der Waals surface area (Å²) in [5, 5.41) is 0. The fourth-order valence-electron chi connectivity index (χ4n) is 2.63. The van der Waals surface area contributed by atoms with Crippen molar-refractivity contribution < 1.29 is 22.1 Å². The molecule has 0 amide bonds. The number of rotatable bonds is 17. The van der Waals surface area contributed by atoms with Gasteiger partial charge in [-0.15, -0.1) is 0 Å². The summed E-state index contributed by atoms with van der Waals surface area (Å²) in [5.41, 5.74) is 0. The van der Waals surface area contributed by atoms with Gasteiger partial charge >= 0.3 is 5.97 Å². The van der Waals surface area contributed by atoms with E-state index in [0.29, 0.717) is 13.0 Å². The molecule has 0 rings (SSSR count). The maximum absolute atomic E-state index is 10.9. The number of ether oxygens (including phenoxy) is 1. The molecule has 5 nitrogen and oxygen atoms in total. The first kappa shape index (κ1) is 23.4. The van der Waals surface area contributed by atoms with Crippen LogP contribution in [-0.4, -0.2) is 34.4 Å². The molecule has 0 aliphatic rings. The maximum Gasteiger partial charge on any atom is 0.305 e. The van der Waals surface area contributed by atoms with Crippen LogP contribution in [0.1, 0.15) is 89.9 Å². The van der Waals surface area contributed by atoms with Crippen molar-refractivity contribution in [2.75, 3.05) is 20.0 Å².